The molecule has 0 saturated carbocycles. The van der Waals surface area contributed by atoms with E-state index in [9.17, 15) is 9.18 Å². The van der Waals surface area contributed by atoms with Crippen molar-refractivity contribution in [1.29, 1.82) is 0 Å². The van der Waals surface area contributed by atoms with E-state index in [1.165, 1.54) is 12.1 Å². The SMILES string of the molecule is CCN1CCC(N(Cc2ccc(F)cc2)C(=O)Nc2cccc(Br)c2)CC1. The molecule has 0 aromatic heterocycles. The fourth-order valence-corrected chi connectivity index (χ4v) is 3.86. The van der Waals surface area contributed by atoms with Crippen LogP contribution >= 0.6 is 15.9 Å². The molecule has 1 fully saturated rings. The number of hydrogen-bond donors (Lipinski definition) is 1. The van der Waals surface area contributed by atoms with E-state index in [4.69, 9.17) is 0 Å². The molecule has 3 rings (SSSR count). The Morgan fingerprint density at radius 1 is 1.22 bits per heavy atom. The predicted molar refractivity (Wildman–Crippen MR) is 110 cm³/mol. The quantitative estimate of drug-likeness (QED) is 0.710. The van der Waals surface area contributed by atoms with Gasteiger partial charge in [-0.15, -0.1) is 0 Å². The number of urea groups is 1. The molecule has 0 atom stereocenters. The fourth-order valence-electron chi connectivity index (χ4n) is 3.46. The van der Waals surface area contributed by atoms with Crippen LogP contribution in [0.5, 0.6) is 0 Å². The van der Waals surface area contributed by atoms with Gasteiger partial charge in [-0.1, -0.05) is 41.1 Å². The van der Waals surface area contributed by atoms with Crippen LogP contribution in [0.1, 0.15) is 25.3 Å². The maximum absolute atomic E-state index is 13.2. The van der Waals surface area contributed by atoms with Crippen molar-refractivity contribution in [2.45, 2.75) is 32.4 Å². The molecule has 27 heavy (non-hydrogen) atoms. The van der Waals surface area contributed by atoms with Gasteiger partial charge in [0.05, 0.1) is 0 Å². The fraction of sp³-hybridized carbons (Fsp3) is 0.381. The summed E-state index contributed by atoms with van der Waals surface area (Å²) in [5, 5.41) is 3.01. The summed E-state index contributed by atoms with van der Waals surface area (Å²) in [4.78, 5) is 17.3. The lowest BCUT2D eigenvalue weighted by atomic mass is 10.0. The van der Waals surface area contributed by atoms with E-state index in [1.54, 1.807) is 12.1 Å². The Labute approximate surface area is 168 Å². The van der Waals surface area contributed by atoms with Gasteiger partial charge in [-0.2, -0.15) is 0 Å². The molecule has 1 saturated heterocycles. The highest BCUT2D eigenvalue weighted by Gasteiger charge is 2.27. The molecule has 0 spiro atoms. The van der Waals surface area contributed by atoms with Crippen LogP contribution in [-0.2, 0) is 6.54 Å². The van der Waals surface area contributed by atoms with Crippen molar-refractivity contribution < 1.29 is 9.18 Å². The lowest BCUT2D eigenvalue weighted by Crippen LogP contribution is -2.48. The van der Waals surface area contributed by atoms with Gasteiger partial charge in [0.15, 0.2) is 0 Å². The topological polar surface area (TPSA) is 35.6 Å². The maximum atomic E-state index is 13.2. The first-order chi connectivity index (χ1) is 13.0. The minimum absolute atomic E-state index is 0.118. The van der Waals surface area contributed by atoms with E-state index < -0.39 is 0 Å². The van der Waals surface area contributed by atoms with Gasteiger partial charge in [0.2, 0.25) is 0 Å². The lowest BCUT2D eigenvalue weighted by molar-refractivity contribution is 0.126. The Morgan fingerprint density at radius 3 is 2.56 bits per heavy atom. The number of benzene rings is 2. The van der Waals surface area contributed by atoms with Gasteiger partial charge in [-0.3, -0.25) is 0 Å². The van der Waals surface area contributed by atoms with Crippen molar-refractivity contribution in [3.8, 4) is 0 Å². The summed E-state index contributed by atoms with van der Waals surface area (Å²) in [6, 6.07) is 14.0. The molecule has 2 aromatic carbocycles. The second kappa shape index (κ2) is 9.33. The molecule has 0 radical (unpaired) electrons. The van der Waals surface area contributed by atoms with E-state index in [0.717, 1.165) is 48.2 Å². The van der Waals surface area contributed by atoms with E-state index >= 15 is 0 Å². The molecule has 1 aliphatic rings. The zero-order chi connectivity index (χ0) is 19.2. The minimum Gasteiger partial charge on any atom is -0.317 e. The van der Waals surface area contributed by atoms with Crippen LogP contribution in [0.2, 0.25) is 0 Å². The Bertz CT molecular complexity index is 760. The second-order valence-electron chi connectivity index (χ2n) is 6.86. The van der Waals surface area contributed by atoms with Crippen molar-refractivity contribution in [2.24, 2.45) is 0 Å². The summed E-state index contributed by atoms with van der Waals surface area (Å²) in [7, 11) is 0. The monoisotopic (exact) mass is 433 g/mol. The zero-order valence-electron chi connectivity index (χ0n) is 15.5. The van der Waals surface area contributed by atoms with Crippen LogP contribution in [0.25, 0.3) is 0 Å². The van der Waals surface area contributed by atoms with Crippen molar-refractivity contribution in [3.05, 3.63) is 64.4 Å². The molecule has 1 aliphatic heterocycles. The first kappa shape index (κ1) is 19.8. The zero-order valence-corrected chi connectivity index (χ0v) is 17.1. The van der Waals surface area contributed by atoms with Crippen molar-refractivity contribution in [3.63, 3.8) is 0 Å². The molecular weight excluding hydrogens is 409 g/mol. The van der Waals surface area contributed by atoms with E-state index in [0.29, 0.717) is 6.54 Å². The van der Waals surface area contributed by atoms with Crippen molar-refractivity contribution in [2.75, 3.05) is 25.0 Å². The van der Waals surface area contributed by atoms with Gasteiger partial charge in [0.25, 0.3) is 0 Å². The maximum Gasteiger partial charge on any atom is 0.322 e. The van der Waals surface area contributed by atoms with E-state index in [2.05, 4.69) is 33.1 Å². The summed E-state index contributed by atoms with van der Waals surface area (Å²) in [6.07, 6.45) is 1.89. The van der Waals surface area contributed by atoms with Gasteiger partial charge in [-0.25, -0.2) is 9.18 Å². The highest BCUT2D eigenvalue weighted by atomic mass is 79.9. The number of likely N-dealkylation sites (tertiary alicyclic amines) is 1. The third-order valence-electron chi connectivity index (χ3n) is 5.05. The Kier molecular flexibility index (Phi) is 6.85. The number of piperidine rings is 1. The number of amides is 2. The summed E-state index contributed by atoms with van der Waals surface area (Å²) in [5.41, 5.74) is 1.68. The van der Waals surface area contributed by atoms with Gasteiger partial charge in [0, 0.05) is 35.8 Å². The van der Waals surface area contributed by atoms with Crippen LogP contribution in [0.15, 0.2) is 53.0 Å². The molecule has 2 amide bonds. The summed E-state index contributed by atoms with van der Waals surface area (Å²) in [6.45, 7) is 5.65. The minimum atomic E-state index is -0.264. The molecule has 144 valence electrons. The smallest absolute Gasteiger partial charge is 0.317 e. The largest absolute Gasteiger partial charge is 0.322 e. The Morgan fingerprint density at radius 2 is 1.93 bits per heavy atom. The van der Waals surface area contributed by atoms with Crippen molar-refractivity contribution >= 4 is 27.6 Å². The molecule has 4 nitrogen and oxygen atoms in total. The average molecular weight is 434 g/mol. The molecule has 0 aliphatic carbocycles. The number of halogens is 2. The van der Waals surface area contributed by atoms with Crippen LogP contribution in [0.3, 0.4) is 0 Å². The molecular formula is C21H25BrFN3O. The number of nitrogens with one attached hydrogen (secondary N) is 1. The van der Waals surface area contributed by atoms with E-state index in [1.807, 2.05) is 29.2 Å². The lowest BCUT2D eigenvalue weighted by Gasteiger charge is -2.38. The van der Waals surface area contributed by atoms with Crippen LogP contribution < -0.4 is 5.32 Å². The van der Waals surface area contributed by atoms with Gasteiger partial charge in [-0.05, 0) is 55.3 Å². The number of hydrogen-bond acceptors (Lipinski definition) is 2. The number of rotatable bonds is 5. The van der Waals surface area contributed by atoms with Crippen LogP contribution in [-0.4, -0.2) is 41.5 Å². The third-order valence-corrected chi connectivity index (χ3v) is 5.54. The molecule has 1 heterocycles. The van der Waals surface area contributed by atoms with E-state index in [-0.39, 0.29) is 17.9 Å². The van der Waals surface area contributed by atoms with Gasteiger partial charge < -0.3 is 15.1 Å². The molecule has 0 bridgehead atoms. The standard InChI is InChI=1S/C21H25BrFN3O/c1-2-25-12-10-20(11-13-25)26(15-16-6-8-18(23)9-7-16)21(27)24-19-5-3-4-17(22)14-19/h3-9,14,20H,2,10-13,15H2,1H3,(H,24,27). The Hall–Kier alpha value is -1.92. The van der Waals surface area contributed by atoms with Gasteiger partial charge in [0.1, 0.15) is 5.82 Å². The molecule has 0 unspecified atom stereocenters. The number of anilines is 1. The first-order valence-corrected chi connectivity index (χ1v) is 10.1. The normalized spacial score (nSPS) is 15.5. The summed E-state index contributed by atoms with van der Waals surface area (Å²) < 4.78 is 14.2. The highest BCUT2D eigenvalue weighted by molar-refractivity contribution is 9.10. The first-order valence-electron chi connectivity index (χ1n) is 9.35. The summed E-state index contributed by atoms with van der Waals surface area (Å²) >= 11 is 3.43. The highest BCUT2D eigenvalue weighted by Crippen LogP contribution is 2.22. The number of carbonyl (C=O) groups is 1. The van der Waals surface area contributed by atoms with Crippen LogP contribution in [0, 0.1) is 5.82 Å². The van der Waals surface area contributed by atoms with Crippen molar-refractivity contribution in [1.82, 2.24) is 9.80 Å². The number of carbonyl (C=O) groups excluding carboxylic acids is 1. The number of nitrogens with zero attached hydrogens (tertiary/aromatic N) is 2. The predicted octanol–water partition coefficient (Wildman–Crippen LogP) is 5.11. The molecule has 6 heteroatoms. The average Bonchev–Trinajstić information content (AvgIpc) is 2.67. The third kappa shape index (κ3) is 5.53. The Balaban J connectivity index is 1.75. The second-order valence-corrected chi connectivity index (χ2v) is 7.78. The van der Waals surface area contributed by atoms with Crippen LogP contribution in [0.4, 0.5) is 14.9 Å². The molecule has 2 aromatic rings. The summed E-state index contributed by atoms with van der Waals surface area (Å²) in [5.74, 6) is -0.264. The molecule has 1 N–H and O–H groups in total. The van der Waals surface area contributed by atoms with Gasteiger partial charge >= 0.3 is 6.03 Å².